The van der Waals surface area contributed by atoms with Gasteiger partial charge in [0.05, 0.1) is 11.8 Å². The maximum absolute atomic E-state index is 11.5. The molecule has 3 atom stereocenters. The number of aliphatic carboxylic acids is 2. The fraction of sp³-hybridized carbons (Fsp3) is 0.769. The molecule has 1 rings (SSSR count). The molecule has 7 heteroatoms. The van der Waals surface area contributed by atoms with E-state index >= 15 is 0 Å². The van der Waals surface area contributed by atoms with E-state index in [0.29, 0.717) is 6.42 Å². The Hall–Kier alpha value is -1.79. The molecule has 0 amide bonds. The predicted molar refractivity (Wildman–Crippen MR) is 67.2 cm³/mol. The first kappa shape index (κ1) is 16.3. The molecule has 0 aromatic rings. The maximum atomic E-state index is 11.5. The van der Waals surface area contributed by atoms with E-state index in [-0.39, 0.29) is 12.8 Å². The van der Waals surface area contributed by atoms with Crippen LogP contribution >= 0.6 is 0 Å². The molecular weight excluding hydrogens is 268 g/mol. The second-order valence-electron chi connectivity index (χ2n) is 5.91. The molecule has 0 bridgehead atoms. The smallest absolute Gasteiger partial charge is 0.481 e. The highest BCUT2D eigenvalue weighted by Crippen LogP contribution is 2.32. The average Bonchev–Trinajstić information content (AvgIpc) is 2.25. The Kier molecular flexibility index (Phi) is 4.97. The van der Waals surface area contributed by atoms with Gasteiger partial charge in [-0.3, -0.25) is 9.59 Å². The summed E-state index contributed by atoms with van der Waals surface area (Å²) in [6.07, 6.45) is -1.01. The minimum absolute atomic E-state index is 0.00839. The second-order valence-corrected chi connectivity index (χ2v) is 5.91. The molecule has 1 saturated carbocycles. The molecule has 0 unspecified atom stereocenters. The first-order valence-corrected chi connectivity index (χ1v) is 6.45. The van der Waals surface area contributed by atoms with Crippen molar-refractivity contribution in [2.75, 3.05) is 0 Å². The van der Waals surface area contributed by atoms with Crippen molar-refractivity contribution < 1.29 is 34.1 Å². The molecular formula is C13H20O7. The van der Waals surface area contributed by atoms with Gasteiger partial charge in [0.15, 0.2) is 0 Å². The third-order valence-corrected chi connectivity index (χ3v) is 3.09. The van der Waals surface area contributed by atoms with E-state index in [4.69, 9.17) is 19.7 Å². The first-order chi connectivity index (χ1) is 9.10. The maximum Gasteiger partial charge on any atom is 0.509 e. The zero-order valence-electron chi connectivity index (χ0n) is 11.8. The highest BCUT2D eigenvalue weighted by Gasteiger charge is 2.41. The first-order valence-electron chi connectivity index (χ1n) is 6.45. The lowest BCUT2D eigenvalue weighted by molar-refractivity contribution is -0.158. The molecule has 0 heterocycles. The predicted octanol–water partition coefficient (Wildman–Crippen LogP) is 1.89. The number of carboxylic acid groups (broad SMARTS) is 2. The van der Waals surface area contributed by atoms with Crippen molar-refractivity contribution in [1.29, 1.82) is 0 Å². The Morgan fingerprint density at radius 2 is 1.55 bits per heavy atom. The Labute approximate surface area is 116 Å². The van der Waals surface area contributed by atoms with Crippen LogP contribution in [0.5, 0.6) is 0 Å². The summed E-state index contributed by atoms with van der Waals surface area (Å²) < 4.78 is 10.0. The monoisotopic (exact) mass is 288 g/mol. The summed E-state index contributed by atoms with van der Waals surface area (Å²) in [5, 5.41) is 18.0. The molecule has 1 aliphatic carbocycles. The zero-order chi connectivity index (χ0) is 15.5. The quantitative estimate of drug-likeness (QED) is 0.763. The van der Waals surface area contributed by atoms with Crippen molar-refractivity contribution in [2.45, 2.75) is 51.7 Å². The topological polar surface area (TPSA) is 110 Å². The van der Waals surface area contributed by atoms with E-state index in [1.807, 2.05) is 0 Å². The van der Waals surface area contributed by atoms with Crippen LogP contribution in [-0.2, 0) is 19.1 Å². The zero-order valence-corrected chi connectivity index (χ0v) is 11.8. The van der Waals surface area contributed by atoms with Crippen LogP contribution in [0.3, 0.4) is 0 Å². The van der Waals surface area contributed by atoms with Crippen LogP contribution in [0.25, 0.3) is 0 Å². The molecule has 114 valence electrons. The van der Waals surface area contributed by atoms with Gasteiger partial charge in [0.25, 0.3) is 0 Å². The number of carbonyl (C=O) groups is 3. The summed E-state index contributed by atoms with van der Waals surface area (Å²) in [6.45, 7) is 5.07. The number of rotatable bonds is 3. The van der Waals surface area contributed by atoms with Crippen LogP contribution in [0, 0.1) is 11.8 Å². The van der Waals surface area contributed by atoms with Crippen LogP contribution in [0.15, 0.2) is 0 Å². The molecule has 0 aliphatic heterocycles. The number of ether oxygens (including phenoxy) is 2. The summed E-state index contributed by atoms with van der Waals surface area (Å²) in [4.78, 5) is 33.6. The van der Waals surface area contributed by atoms with Gasteiger partial charge in [-0.1, -0.05) is 0 Å². The van der Waals surface area contributed by atoms with Crippen LogP contribution in [-0.4, -0.2) is 40.0 Å². The van der Waals surface area contributed by atoms with Crippen LogP contribution in [0.1, 0.15) is 40.0 Å². The van der Waals surface area contributed by atoms with Crippen LogP contribution in [0.4, 0.5) is 4.79 Å². The van der Waals surface area contributed by atoms with E-state index < -0.39 is 41.6 Å². The van der Waals surface area contributed by atoms with Gasteiger partial charge in [-0.25, -0.2) is 4.79 Å². The molecule has 7 nitrogen and oxygen atoms in total. The van der Waals surface area contributed by atoms with Gasteiger partial charge in [0, 0.05) is 0 Å². The molecule has 0 saturated heterocycles. The highest BCUT2D eigenvalue weighted by atomic mass is 16.7. The van der Waals surface area contributed by atoms with E-state index in [0.717, 1.165) is 0 Å². The van der Waals surface area contributed by atoms with Crippen LogP contribution in [0.2, 0.25) is 0 Å². The second kappa shape index (κ2) is 6.11. The number of carbonyl (C=O) groups excluding carboxylic acids is 1. The molecule has 0 aromatic carbocycles. The summed E-state index contributed by atoms with van der Waals surface area (Å²) in [5.41, 5.74) is -0.693. The van der Waals surface area contributed by atoms with Crippen LogP contribution < -0.4 is 0 Å². The minimum atomic E-state index is -1.19. The lowest BCUT2D eigenvalue weighted by Gasteiger charge is -2.31. The van der Waals surface area contributed by atoms with Crippen molar-refractivity contribution in [2.24, 2.45) is 11.8 Å². The molecule has 0 radical (unpaired) electrons. The van der Waals surface area contributed by atoms with Crippen molar-refractivity contribution >= 4 is 18.1 Å². The van der Waals surface area contributed by atoms with Gasteiger partial charge in [-0.2, -0.15) is 0 Å². The fourth-order valence-corrected chi connectivity index (χ4v) is 2.22. The Morgan fingerprint density at radius 1 is 1.00 bits per heavy atom. The lowest BCUT2D eigenvalue weighted by atomic mass is 9.78. The van der Waals surface area contributed by atoms with Crippen molar-refractivity contribution in [3.63, 3.8) is 0 Å². The fourth-order valence-electron chi connectivity index (χ4n) is 2.22. The molecule has 2 N–H and O–H groups in total. The van der Waals surface area contributed by atoms with E-state index in [1.54, 1.807) is 20.8 Å². The van der Waals surface area contributed by atoms with Gasteiger partial charge in [0.1, 0.15) is 11.7 Å². The normalized spacial score (nSPS) is 26.6. The highest BCUT2D eigenvalue weighted by molar-refractivity contribution is 5.80. The van der Waals surface area contributed by atoms with Crippen molar-refractivity contribution in [3.8, 4) is 0 Å². The van der Waals surface area contributed by atoms with Gasteiger partial charge in [-0.05, 0) is 40.0 Å². The molecule has 1 aliphatic rings. The summed E-state index contributed by atoms with van der Waals surface area (Å²) in [6, 6.07) is 0. The average molecular weight is 288 g/mol. The number of carboxylic acids is 2. The standard InChI is InChI=1S/C13H20O7/c1-13(2,3)20-12(18)19-7-4-5-8(10(14)15)9(6-7)11(16)17/h7-9H,4-6H2,1-3H3,(H,14,15)(H,16,17)/t7-,8+,9+/m0/s1. The number of hydrogen-bond donors (Lipinski definition) is 2. The minimum Gasteiger partial charge on any atom is -0.481 e. The number of hydrogen-bond acceptors (Lipinski definition) is 5. The lowest BCUT2D eigenvalue weighted by Crippen LogP contribution is -2.39. The molecule has 1 fully saturated rings. The Morgan fingerprint density at radius 3 is 2.00 bits per heavy atom. The molecule has 0 aromatic heterocycles. The van der Waals surface area contributed by atoms with Crippen molar-refractivity contribution in [1.82, 2.24) is 0 Å². The van der Waals surface area contributed by atoms with E-state index in [1.165, 1.54) is 0 Å². The molecule has 0 spiro atoms. The van der Waals surface area contributed by atoms with E-state index in [2.05, 4.69) is 0 Å². The van der Waals surface area contributed by atoms with E-state index in [9.17, 15) is 14.4 Å². The largest absolute Gasteiger partial charge is 0.509 e. The Balaban J connectivity index is 2.61. The Bertz CT molecular complexity index is 396. The SMILES string of the molecule is CC(C)(C)OC(=O)O[C@H]1CC[C@@H](C(=O)O)[C@H](C(=O)O)C1. The third-order valence-electron chi connectivity index (χ3n) is 3.09. The van der Waals surface area contributed by atoms with Gasteiger partial charge >= 0.3 is 18.1 Å². The van der Waals surface area contributed by atoms with Crippen molar-refractivity contribution in [3.05, 3.63) is 0 Å². The molecule has 20 heavy (non-hydrogen) atoms. The summed E-state index contributed by atoms with van der Waals surface area (Å²) in [7, 11) is 0. The third kappa shape index (κ3) is 4.71. The van der Waals surface area contributed by atoms with Gasteiger partial charge < -0.3 is 19.7 Å². The van der Waals surface area contributed by atoms with Gasteiger partial charge in [0.2, 0.25) is 0 Å². The van der Waals surface area contributed by atoms with Gasteiger partial charge in [-0.15, -0.1) is 0 Å². The summed E-state index contributed by atoms with van der Waals surface area (Å²) >= 11 is 0. The summed E-state index contributed by atoms with van der Waals surface area (Å²) in [5.74, 6) is -4.30.